The number of hydrogen-bond acceptors (Lipinski definition) is 5. The normalized spacial score (nSPS) is 10.8. The highest BCUT2D eigenvalue weighted by molar-refractivity contribution is 6.00. The number of para-hydroxylation sites is 3. The quantitative estimate of drug-likeness (QED) is 0.538. The molecule has 9 nitrogen and oxygen atoms in total. The number of hydrogen-bond donors (Lipinski definition) is 2. The van der Waals surface area contributed by atoms with Crippen molar-refractivity contribution < 1.29 is 9.53 Å². The van der Waals surface area contributed by atoms with E-state index in [0.29, 0.717) is 30.4 Å². The van der Waals surface area contributed by atoms with Crippen molar-refractivity contribution >= 4 is 28.4 Å². The van der Waals surface area contributed by atoms with Crippen molar-refractivity contribution in [2.45, 2.75) is 13.6 Å². The van der Waals surface area contributed by atoms with E-state index in [2.05, 4.69) is 26.0 Å². The Labute approximate surface area is 160 Å². The molecule has 0 atom stereocenters. The lowest BCUT2D eigenvalue weighted by atomic mass is 10.3. The summed E-state index contributed by atoms with van der Waals surface area (Å²) in [5.41, 5.74) is 2.90. The zero-order chi connectivity index (χ0) is 19.3. The molecule has 9 heteroatoms. The van der Waals surface area contributed by atoms with E-state index in [-0.39, 0.29) is 6.03 Å². The first-order chi connectivity index (χ1) is 13.7. The Hall–Kier alpha value is -3.88. The smallest absolute Gasteiger partial charge is 0.323 e. The number of nitrogens with zero attached hydrogens (tertiary/aromatic N) is 5. The fourth-order valence-corrected chi connectivity index (χ4v) is 2.80. The molecule has 2 N–H and O–H groups in total. The summed E-state index contributed by atoms with van der Waals surface area (Å²) in [5, 5.41) is 18.1. The van der Waals surface area contributed by atoms with Crippen LogP contribution in [0.3, 0.4) is 0 Å². The molecule has 2 aromatic carbocycles. The van der Waals surface area contributed by atoms with E-state index in [1.807, 2.05) is 43.3 Å². The average Bonchev–Trinajstić information content (AvgIpc) is 3.31. The van der Waals surface area contributed by atoms with Crippen LogP contribution in [0.15, 0.2) is 60.9 Å². The fraction of sp³-hybridized carbons (Fsp3) is 0.158. The van der Waals surface area contributed by atoms with Crippen molar-refractivity contribution in [3.63, 3.8) is 0 Å². The molecule has 0 saturated heterocycles. The Bertz CT molecular complexity index is 1100. The van der Waals surface area contributed by atoms with Crippen LogP contribution in [-0.2, 0) is 6.67 Å². The Morgan fingerprint density at radius 1 is 1.11 bits per heavy atom. The maximum atomic E-state index is 12.3. The first kappa shape index (κ1) is 17.5. The second-order valence-corrected chi connectivity index (χ2v) is 6.00. The van der Waals surface area contributed by atoms with E-state index in [4.69, 9.17) is 4.74 Å². The molecule has 0 aliphatic rings. The molecule has 0 radical (unpaired) electrons. The molecule has 142 valence electrons. The Morgan fingerprint density at radius 2 is 1.93 bits per heavy atom. The Balaban J connectivity index is 1.41. The lowest BCUT2D eigenvalue weighted by molar-refractivity contribution is 0.262. The van der Waals surface area contributed by atoms with Crippen LogP contribution in [0, 0.1) is 0 Å². The van der Waals surface area contributed by atoms with Crippen LogP contribution in [0.25, 0.3) is 11.0 Å². The number of carbonyl (C=O) groups is 1. The van der Waals surface area contributed by atoms with Crippen molar-refractivity contribution in [1.29, 1.82) is 0 Å². The van der Waals surface area contributed by atoms with Gasteiger partial charge in [-0.15, -0.1) is 5.10 Å². The van der Waals surface area contributed by atoms with Gasteiger partial charge in [-0.1, -0.05) is 29.5 Å². The van der Waals surface area contributed by atoms with Crippen molar-refractivity contribution in [1.82, 2.24) is 24.8 Å². The highest BCUT2D eigenvalue weighted by Gasteiger charge is 2.09. The first-order valence-electron chi connectivity index (χ1n) is 8.83. The predicted molar refractivity (Wildman–Crippen MR) is 105 cm³/mol. The highest BCUT2D eigenvalue weighted by atomic mass is 16.5. The number of nitrogens with one attached hydrogen (secondary N) is 2. The van der Waals surface area contributed by atoms with E-state index in [1.54, 1.807) is 33.9 Å². The zero-order valence-electron chi connectivity index (χ0n) is 15.2. The highest BCUT2D eigenvalue weighted by Crippen LogP contribution is 2.23. The third-order valence-electron chi connectivity index (χ3n) is 4.03. The maximum absolute atomic E-state index is 12.3. The van der Waals surface area contributed by atoms with Gasteiger partial charge in [-0.3, -0.25) is 0 Å². The van der Waals surface area contributed by atoms with Crippen molar-refractivity contribution in [3.8, 4) is 5.75 Å². The average molecular weight is 377 g/mol. The summed E-state index contributed by atoms with van der Waals surface area (Å²) in [6.07, 6.45) is 3.30. The summed E-state index contributed by atoms with van der Waals surface area (Å²) in [5.74, 6) is 0.619. The van der Waals surface area contributed by atoms with Gasteiger partial charge in [-0.2, -0.15) is 5.10 Å². The maximum Gasteiger partial charge on any atom is 0.323 e. The summed E-state index contributed by atoms with van der Waals surface area (Å²) < 4.78 is 8.92. The molecule has 2 amide bonds. The van der Waals surface area contributed by atoms with Crippen LogP contribution in [0.5, 0.6) is 5.75 Å². The molecule has 0 aliphatic carbocycles. The molecule has 28 heavy (non-hydrogen) atoms. The Morgan fingerprint density at radius 3 is 2.82 bits per heavy atom. The fourth-order valence-electron chi connectivity index (χ4n) is 2.80. The van der Waals surface area contributed by atoms with E-state index < -0.39 is 0 Å². The summed E-state index contributed by atoms with van der Waals surface area (Å²) >= 11 is 0. The third kappa shape index (κ3) is 3.78. The van der Waals surface area contributed by atoms with Gasteiger partial charge in [0.2, 0.25) is 0 Å². The van der Waals surface area contributed by atoms with Gasteiger partial charge in [0.1, 0.15) is 17.9 Å². The van der Waals surface area contributed by atoms with Crippen LogP contribution in [0.1, 0.15) is 6.92 Å². The summed E-state index contributed by atoms with van der Waals surface area (Å²) in [6, 6.07) is 14.6. The number of benzene rings is 2. The van der Waals surface area contributed by atoms with Gasteiger partial charge >= 0.3 is 6.03 Å². The summed E-state index contributed by atoms with van der Waals surface area (Å²) in [7, 11) is 0. The standard InChI is InChI=1S/C19H19N7O2/c1-2-28-18-10-6-4-8-16(18)22-19(27)21-14-11-20-25(12-14)13-26-17-9-5-3-7-15(17)23-24-26/h3-12H,2,13H2,1H3,(H2,21,22,27). The minimum atomic E-state index is -0.377. The van der Waals surface area contributed by atoms with Gasteiger partial charge in [0.15, 0.2) is 0 Å². The second kappa shape index (κ2) is 7.78. The number of ether oxygens (including phenoxy) is 1. The monoisotopic (exact) mass is 377 g/mol. The summed E-state index contributed by atoms with van der Waals surface area (Å²) in [6.45, 7) is 2.80. The van der Waals surface area contributed by atoms with Gasteiger partial charge in [-0.25, -0.2) is 14.2 Å². The van der Waals surface area contributed by atoms with Gasteiger partial charge in [0.25, 0.3) is 0 Å². The lowest BCUT2D eigenvalue weighted by Crippen LogP contribution is -2.19. The van der Waals surface area contributed by atoms with Crippen molar-refractivity contribution in [2.75, 3.05) is 17.2 Å². The van der Waals surface area contributed by atoms with E-state index in [0.717, 1.165) is 11.0 Å². The van der Waals surface area contributed by atoms with Gasteiger partial charge in [0, 0.05) is 0 Å². The largest absolute Gasteiger partial charge is 0.492 e. The molecule has 4 aromatic rings. The molecular weight excluding hydrogens is 358 g/mol. The minimum absolute atomic E-state index is 0.377. The van der Waals surface area contributed by atoms with Gasteiger partial charge in [0.05, 0.1) is 35.9 Å². The molecule has 0 bridgehead atoms. The molecule has 0 aliphatic heterocycles. The van der Waals surface area contributed by atoms with Gasteiger partial charge < -0.3 is 15.4 Å². The van der Waals surface area contributed by atoms with Crippen molar-refractivity contribution in [3.05, 3.63) is 60.9 Å². The SMILES string of the molecule is CCOc1ccccc1NC(=O)Nc1cnn(Cn2nnc3ccccc32)c1. The molecule has 4 rings (SSSR count). The minimum Gasteiger partial charge on any atom is -0.492 e. The van der Waals surface area contributed by atoms with Crippen LogP contribution in [0.4, 0.5) is 16.2 Å². The van der Waals surface area contributed by atoms with Crippen LogP contribution in [-0.4, -0.2) is 37.4 Å². The number of anilines is 2. The van der Waals surface area contributed by atoms with E-state index in [9.17, 15) is 4.79 Å². The number of rotatable bonds is 6. The van der Waals surface area contributed by atoms with E-state index in [1.165, 1.54) is 0 Å². The van der Waals surface area contributed by atoms with E-state index >= 15 is 0 Å². The number of amides is 2. The van der Waals surface area contributed by atoms with Crippen LogP contribution in [0.2, 0.25) is 0 Å². The third-order valence-corrected chi connectivity index (χ3v) is 4.03. The second-order valence-electron chi connectivity index (χ2n) is 6.00. The van der Waals surface area contributed by atoms with Crippen molar-refractivity contribution in [2.24, 2.45) is 0 Å². The first-order valence-corrected chi connectivity index (χ1v) is 8.83. The van der Waals surface area contributed by atoms with Crippen LogP contribution < -0.4 is 15.4 Å². The number of urea groups is 1. The van der Waals surface area contributed by atoms with Gasteiger partial charge in [-0.05, 0) is 31.2 Å². The Kier molecular flexibility index (Phi) is 4.87. The number of fused-ring (bicyclic) bond motifs is 1. The number of carbonyl (C=O) groups excluding carboxylic acids is 1. The summed E-state index contributed by atoms with van der Waals surface area (Å²) in [4.78, 5) is 12.3. The molecule has 0 unspecified atom stereocenters. The molecule has 0 spiro atoms. The molecule has 2 heterocycles. The molecule has 2 aromatic heterocycles. The zero-order valence-corrected chi connectivity index (χ0v) is 15.2. The van der Waals surface area contributed by atoms with Crippen LogP contribution >= 0.6 is 0 Å². The molecule has 0 saturated carbocycles. The molecule has 0 fully saturated rings. The lowest BCUT2D eigenvalue weighted by Gasteiger charge is -2.11. The topological polar surface area (TPSA) is 98.9 Å². The number of aromatic nitrogens is 5. The predicted octanol–water partition coefficient (Wildman–Crippen LogP) is 3.18. The molecular formula is C19H19N7O2.